The van der Waals surface area contributed by atoms with Crippen LogP contribution in [0.15, 0.2) is 28.7 Å². The second-order valence-corrected chi connectivity index (χ2v) is 16.8. The molecule has 1 aliphatic heterocycles. The molecule has 2 aromatic heterocycles. The highest BCUT2D eigenvalue weighted by Gasteiger charge is 2.29. The fraction of sp³-hybridized carbons (Fsp3) is 0.440. The van der Waals surface area contributed by atoms with Gasteiger partial charge in [0.05, 0.1) is 30.3 Å². The summed E-state index contributed by atoms with van der Waals surface area (Å²) in [6, 6.07) is 7.14. The number of benzene rings is 1. The standard InChI is InChI=1S/C25H32BrFN4O3Si/c1-15(17-7-6-16(26)10-20(17)27)30(2)25(32)22-11-21-23(18-12-34-13-19(18)24(28)29-21)31(22)14-33-8-9-35(3,4)5/h6-7,10-11,15H,8-9,12-14H2,1-5H3,(H2,28,29). The van der Waals surface area contributed by atoms with Crippen LogP contribution < -0.4 is 5.73 Å². The maximum absolute atomic E-state index is 14.6. The molecule has 1 atom stereocenters. The Kier molecular flexibility index (Phi) is 7.38. The van der Waals surface area contributed by atoms with Crippen molar-refractivity contribution in [1.82, 2.24) is 14.5 Å². The van der Waals surface area contributed by atoms with Gasteiger partial charge in [0.2, 0.25) is 0 Å². The van der Waals surface area contributed by atoms with Gasteiger partial charge in [-0.25, -0.2) is 9.37 Å². The average molecular weight is 564 g/mol. The number of halogens is 2. The van der Waals surface area contributed by atoms with Gasteiger partial charge in [0.25, 0.3) is 5.91 Å². The number of rotatable bonds is 8. The molecule has 35 heavy (non-hydrogen) atoms. The van der Waals surface area contributed by atoms with E-state index in [-0.39, 0.29) is 18.5 Å². The van der Waals surface area contributed by atoms with Crippen LogP contribution in [-0.4, -0.2) is 42.1 Å². The van der Waals surface area contributed by atoms with Crippen LogP contribution >= 0.6 is 15.9 Å². The van der Waals surface area contributed by atoms with Gasteiger partial charge in [-0.1, -0.05) is 41.6 Å². The first-order chi connectivity index (χ1) is 16.5. The minimum absolute atomic E-state index is 0.210. The van der Waals surface area contributed by atoms with Gasteiger partial charge in [-0.15, -0.1) is 0 Å². The van der Waals surface area contributed by atoms with Crippen molar-refractivity contribution in [2.45, 2.75) is 58.6 Å². The molecule has 0 fully saturated rings. The van der Waals surface area contributed by atoms with Gasteiger partial charge in [-0.3, -0.25) is 4.79 Å². The molecule has 3 aromatic rings. The lowest BCUT2D eigenvalue weighted by atomic mass is 10.1. The molecular weight excluding hydrogens is 531 g/mol. The first kappa shape index (κ1) is 25.8. The summed E-state index contributed by atoms with van der Waals surface area (Å²) in [5, 5.41) is 0. The van der Waals surface area contributed by atoms with Gasteiger partial charge in [0.15, 0.2) is 0 Å². The largest absolute Gasteiger partial charge is 0.383 e. The molecule has 2 N–H and O–H groups in total. The first-order valence-electron chi connectivity index (χ1n) is 11.7. The number of aromatic nitrogens is 2. The van der Waals surface area contributed by atoms with Crippen molar-refractivity contribution >= 4 is 46.8 Å². The summed E-state index contributed by atoms with van der Waals surface area (Å²) in [5.74, 6) is -0.205. The Morgan fingerprint density at radius 2 is 2.03 bits per heavy atom. The average Bonchev–Trinajstić information content (AvgIpc) is 3.40. The van der Waals surface area contributed by atoms with E-state index in [1.54, 1.807) is 30.1 Å². The van der Waals surface area contributed by atoms with Gasteiger partial charge in [-0.2, -0.15) is 0 Å². The lowest BCUT2D eigenvalue weighted by Crippen LogP contribution is -2.32. The van der Waals surface area contributed by atoms with E-state index in [0.29, 0.717) is 46.9 Å². The van der Waals surface area contributed by atoms with E-state index in [9.17, 15) is 9.18 Å². The van der Waals surface area contributed by atoms with Crippen LogP contribution in [0.2, 0.25) is 25.7 Å². The topological polar surface area (TPSA) is 82.6 Å². The number of nitrogen functional groups attached to an aromatic ring is 1. The summed E-state index contributed by atoms with van der Waals surface area (Å²) in [4.78, 5) is 19.8. The second kappa shape index (κ2) is 10.0. The number of hydrogen-bond acceptors (Lipinski definition) is 5. The molecule has 1 aromatic carbocycles. The highest BCUT2D eigenvalue weighted by atomic mass is 79.9. The van der Waals surface area contributed by atoms with Gasteiger partial charge in [-0.05, 0) is 31.2 Å². The molecular formula is C25H32BrFN4O3Si. The Balaban J connectivity index is 1.71. The molecule has 1 unspecified atom stereocenters. The molecule has 0 saturated carbocycles. The third kappa shape index (κ3) is 5.30. The molecule has 7 nitrogen and oxygen atoms in total. The van der Waals surface area contributed by atoms with E-state index in [1.165, 1.54) is 6.07 Å². The maximum Gasteiger partial charge on any atom is 0.270 e. The number of hydrogen-bond donors (Lipinski definition) is 1. The third-order valence-electron chi connectivity index (χ3n) is 6.52. The molecule has 0 spiro atoms. The zero-order chi connectivity index (χ0) is 25.5. The molecule has 188 valence electrons. The maximum atomic E-state index is 14.6. The van der Waals surface area contributed by atoms with Crippen molar-refractivity contribution in [1.29, 1.82) is 0 Å². The van der Waals surface area contributed by atoms with Gasteiger partial charge < -0.3 is 24.7 Å². The monoisotopic (exact) mass is 562 g/mol. The molecule has 1 aliphatic rings. The van der Waals surface area contributed by atoms with Crippen LogP contribution in [0.1, 0.15) is 40.1 Å². The van der Waals surface area contributed by atoms with E-state index in [1.807, 2.05) is 11.5 Å². The lowest BCUT2D eigenvalue weighted by Gasteiger charge is -2.26. The van der Waals surface area contributed by atoms with E-state index in [4.69, 9.17) is 15.2 Å². The van der Waals surface area contributed by atoms with Crippen LogP contribution in [0.3, 0.4) is 0 Å². The van der Waals surface area contributed by atoms with Crippen molar-refractivity contribution in [3.8, 4) is 0 Å². The van der Waals surface area contributed by atoms with Crippen LogP contribution in [0.4, 0.5) is 10.2 Å². The summed E-state index contributed by atoms with van der Waals surface area (Å²) in [5.41, 5.74) is 10.3. The quantitative estimate of drug-likeness (QED) is 0.281. The van der Waals surface area contributed by atoms with Crippen molar-refractivity contribution < 1.29 is 18.7 Å². The highest BCUT2D eigenvalue weighted by molar-refractivity contribution is 9.10. The van der Waals surface area contributed by atoms with Crippen molar-refractivity contribution in [3.63, 3.8) is 0 Å². The van der Waals surface area contributed by atoms with Gasteiger partial charge >= 0.3 is 0 Å². The van der Waals surface area contributed by atoms with E-state index in [2.05, 4.69) is 40.6 Å². The predicted molar refractivity (Wildman–Crippen MR) is 141 cm³/mol. The molecule has 0 radical (unpaired) electrons. The summed E-state index contributed by atoms with van der Waals surface area (Å²) < 4.78 is 28.9. The van der Waals surface area contributed by atoms with Crippen molar-refractivity contribution in [3.05, 3.63) is 56.9 Å². The minimum atomic E-state index is -1.27. The second-order valence-electron chi connectivity index (χ2n) is 10.2. The number of amides is 1. The highest BCUT2D eigenvalue weighted by Crippen LogP contribution is 2.34. The first-order valence-corrected chi connectivity index (χ1v) is 16.2. The van der Waals surface area contributed by atoms with Crippen LogP contribution in [0.5, 0.6) is 0 Å². The number of anilines is 1. The molecule has 0 saturated heterocycles. The Hall–Kier alpha value is -2.27. The van der Waals surface area contributed by atoms with Crippen molar-refractivity contribution in [2.24, 2.45) is 0 Å². The van der Waals surface area contributed by atoms with E-state index >= 15 is 0 Å². The molecule has 4 rings (SSSR count). The van der Waals surface area contributed by atoms with Crippen LogP contribution in [-0.2, 0) is 29.4 Å². The van der Waals surface area contributed by atoms with Gasteiger partial charge in [0.1, 0.15) is 24.1 Å². The smallest absolute Gasteiger partial charge is 0.270 e. The number of nitrogens with zero attached hydrogens (tertiary/aromatic N) is 3. The number of pyridine rings is 1. The summed E-state index contributed by atoms with van der Waals surface area (Å²) in [7, 11) is 0.409. The molecule has 0 bridgehead atoms. The Morgan fingerprint density at radius 3 is 2.71 bits per heavy atom. The minimum Gasteiger partial charge on any atom is -0.383 e. The number of nitrogens with two attached hydrogens (primary N) is 1. The number of ether oxygens (including phenoxy) is 2. The molecule has 3 heterocycles. The lowest BCUT2D eigenvalue weighted by molar-refractivity contribution is 0.0669. The SMILES string of the molecule is CC(c1ccc(Br)cc1F)N(C)C(=O)c1cc2nc(N)c3c(c2n1COCC[Si](C)(C)C)COC3. The Morgan fingerprint density at radius 1 is 1.31 bits per heavy atom. The fourth-order valence-corrected chi connectivity index (χ4v) is 5.34. The normalized spacial score (nSPS) is 14.4. The molecule has 0 aliphatic carbocycles. The number of carbonyl (C=O) groups is 1. The van der Waals surface area contributed by atoms with Crippen molar-refractivity contribution in [2.75, 3.05) is 19.4 Å². The zero-order valence-electron chi connectivity index (χ0n) is 20.8. The summed E-state index contributed by atoms with van der Waals surface area (Å²) in [6.07, 6.45) is 0. The summed E-state index contributed by atoms with van der Waals surface area (Å²) >= 11 is 3.29. The molecule has 1 amide bonds. The fourth-order valence-electron chi connectivity index (χ4n) is 4.25. The molecule has 10 heteroatoms. The van der Waals surface area contributed by atoms with E-state index in [0.717, 1.165) is 22.7 Å². The summed E-state index contributed by atoms with van der Waals surface area (Å²) in [6.45, 7) is 10.3. The third-order valence-corrected chi connectivity index (χ3v) is 8.72. The Labute approximate surface area is 214 Å². The van der Waals surface area contributed by atoms with E-state index < -0.39 is 14.1 Å². The van der Waals surface area contributed by atoms with Crippen LogP contribution in [0, 0.1) is 5.82 Å². The van der Waals surface area contributed by atoms with Crippen LogP contribution in [0.25, 0.3) is 11.0 Å². The zero-order valence-corrected chi connectivity index (χ0v) is 23.4. The predicted octanol–water partition coefficient (Wildman–Crippen LogP) is 5.70. The number of fused-ring (bicyclic) bond motifs is 3. The number of carbonyl (C=O) groups excluding carboxylic acids is 1. The Bertz CT molecular complexity index is 1270. The van der Waals surface area contributed by atoms with Gasteiger partial charge in [0, 0.05) is 42.9 Å².